The first kappa shape index (κ1) is 17.7. The third-order valence-corrected chi connectivity index (χ3v) is 5.16. The average Bonchev–Trinajstić information content (AvgIpc) is 2.52. The molecule has 3 aromatic rings. The van der Waals surface area contributed by atoms with Gasteiger partial charge < -0.3 is 0 Å². The lowest BCUT2D eigenvalue weighted by molar-refractivity contribution is 0.586. The Morgan fingerprint density at radius 1 is 0.520 bits per heavy atom. The quantitative estimate of drug-likeness (QED) is 0.436. The van der Waals surface area contributed by atoms with Gasteiger partial charge in [0.1, 0.15) is 0 Å². The van der Waals surface area contributed by atoms with E-state index in [1.807, 2.05) is 0 Å². The van der Waals surface area contributed by atoms with Crippen molar-refractivity contribution < 1.29 is 0 Å². The molecule has 0 nitrogen and oxygen atoms in total. The lowest BCUT2D eigenvalue weighted by Gasteiger charge is -2.25. The van der Waals surface area contributed by atoms with E-state index in [1.165, 1.54) is 38.6 Å². The Hall–Kier alpha value is -2.08. The van der Waals surface area contributed by atoms with Gasteiger partial charge in [-0.3, -0.25) is 0 Å². The maximum atomic E-state index is 2.32. The van der Waals surface area contributed by atoms with Crippen molar-refractivity contribution in [2.24, 2.45) is 0 Å². The largest absolute Gasteiger partial charge is 0.0616 e. The first-order valence-corrected chi connectivity index (χ1v) is 9.23. The van der Waals surface area contributed by atoms with E-state index >= 15 is 0 Å². The molecule has 0 radical (unpaired) electrons. The minimum atomic E-state index is 0.139. The zero-order valence-electron chi connectivity index (χ0n) is 16.7. The number of hydrogen-bond acceptors (Lipinski definition) is 0. The maximum absolute atomic E-state index is 2.32. The highest BCUT2D eigenvalue weighted by Crippen LogP contribution is 2.39. The summed E-state index contributed by atoms with van der Waals surface area (Å²) >= 11 is 0. The van der Waals surface area contributed by atoms with Gasteiger partial charge in [-0.05, 0) is 56.3 Å². The molecule has 0 aliphatic rings. The molecular weight excluding hydrogens is 300 g/mol. The highest BCUT2D eigenvalue weighted by atomic mass is 14.3. The highest BCUT2D eigenvalue weighted by Gasteiger charge is 2.21. The second kappa shape index (κ2) is 6.02. The molecule has 0 heteroatoms. The van der Waals surface area contributed by atoms with Crippen LogP contribution in [-0.2, 0) is 10.8 Å². The number of fused-ring (bicyclic) bond motifs is 1. The van der Waals surface area contributed by atoms with Gasteiger partial charge in [0.2, 0.25) is 0 Å². The fraction of sp³-hybridized carbons (Fsp3) is 0.360. The lowest BCUT2D eigenvalue weighted by Crippen LogP contribution is -2.13. The molecule has 0 fully saturated rings. The Bertz CT molecular complexity index is 915. The Kier molecular flexibility index (Phi) is 4.27. The van der Waals surface area contributed by atoms with Gasteiger partial charge >= 0.3 is 0 Å². The van der Waals surface area contributed by atoms with Gasteiger partial charge in [0, 0.05) is 0 Å². The van der Waals surface area contributed by atoms with Crippen LogP contribution in [0.15, 0.2) is 54.6 Å². The summed E-state index contributed by atoms with van der Waals surface area (Å²) in [6, 6.07) is 20.2. The van der Waals surface area contributed by atoms with E-state index in [-0.39, 0.29) is 10.8 Å². The molecule has 0 heterocycles. The van der Waals surface area contributed by atoms with Crippen LogP contribution in [0.3, 0.4) is 0 Å². The van der Waals surface area contributed by atoms with Crippen LogP contribution in [0.4, 0.5) is 0 Å². The van der Waals surface area contributed by atoms with Crippen molar-refractivity contribution in [1.82, 2.24) is 0 Å². The van der Waals surface area contributed by atoms with Crippen molar-refractivity contribution in [3.63, 3.8) is 0 Å². The summed E-state index contributed by atoms with van der Waals surface area (Å²) in [5.41, 5.74) is 7.22. The molecule has 3 rings (SSSR count). The Balaban J connectivity index is 2.33. The van der Waals surface area contributed by atoms with E-state index in [9.17, 15) is 0 Å². The van der Waals surface area contributed by atoms with Crippen molar-refractivity contribution >= 4 is 10.8 Å². The minimum Gasteiger partial charge on any atom is -0.0616 e. The molecule has 0 atom stereocenters. The summed E-state index contributed by atoms with van der Waals surface area (Å²) in [6.45, 7) is 16.0. The molecule has 130 valence electrons. The normalized spacial score (nSPS) is 12.6. The average molecular weight is 331 g/mol. The lowest BCUT2D eigenvalue weighted by atomic mass is 9.79. The Morgan fingerprint density at radius 3 is 1.72 bits per heavy atom. The van der Waals surface area contributed by atoms with Gasteiger partial charge in [0.15, 0.2) is 0 Å². The zero-order valence-corrected chi connectivity index (χ0v) is 16.7. The molecule has 0 amide bonds. The molecule has 0 saturated heterocycles. The fourth-order valence-corrected chi connectivity index (χ4v) is 3.93. The standard InChI is InChI=1S/C25H30/c1-17-18(13-10-14-22(17)24(2,3)4)20-15-16-23(25(5,6)7)21-12-9-8-11-19(20)21/h8-16H,1-7H3. The summed E-state index contributed by atoms with van der Waals surface area (Å²) < 4.78 is 0. The van der Waals surface area contributed by atoms with E-state index in [1.54, 1.807) is 0 Å². The summed E-state index contributed by atoms with van der Waals surface area (Å²) in [7, 11) is 0. The number of benzene rings is 3. The topological polar surface area (TPSA) is 0 Å². The molecule has 0 spiro atoms. The molecular formula is C25H30. The first-order chi connectivity index (χ1) is 11.6. The van der Waals surface area contributed by atoms with Crippen molar-refractivity contribution in [1.29, 1.82) is 0 Å². The smallest absolute Gasteiger partial charge is 0.0102 e. The molecule has 0 aliphatic carbocycles. The van der Waals surface area contributed by atoms with Crippen LogP contribution in [0.2, 0.25) is 0 Å². The second-order valence-corrected chi connectivity index (χ2v) is 9.18. The van der Waals surface area contributed by atoms with E-state index in [0.29, 0.717) is 0 Å². The zero-order chi connectivity index (χ0) is 18.4. The van der Waals surface area contributed by atoms with Crippen LogP contribution in [0, 0.1) is 6.92 Å². The van der Waals surface area contributed by atoms with E-state index in [2.05, 4.69) is 103 Å². The monoisotopic (exact) mass is 330 g/mol. The van der Waals surface area contributed by atoms with Gasteiger partial charge in [-0.1, -0.05) is 96.1 Å². The van der Waals surface area contributed by atoms with Crippen molar-refractivity contribution in [2.75, 3.05) is 0 Å². The van der Waals surface area contributed by atoms with Crippen molar-refractivity contribution in [3.05, 3.63) is 71.3 Å². The Morgan fingerprint density at radius 2 is 1.12 bits per heavy atom. The van der Waals surface area contributed by atoms with Gasteiger partial charge in [-0.25, -0.2) is 0 Å². The molecule has 0 bridgehead atoms. The number of hydrogen-bond donors (Lipinski definition) is 0. The van der Waals surface area contributed by atoms with Crippen LogP contribution < -0.4 is 0 Å². The van der Waals surface area contributed by atoms with E-state index < -0.39 is 0 Å². The van der Waals surface area contributed by atoms with Gasteiger partial charge in [-0.2, -0.15) is 0 Å². The second-order valence-electron chi connectivity index (χ2n) is 9.18. The summed E-state index contributed by atoms with van der Waals surface area (Å²) in [6.07, 6.45) is 0. The molecule has 0 N–H and O–H groups in total. The van der Waals surface area contributed by atoms with Crippen LogP contribution in [0.5, 0.6) is 0 Å². The molecule has 0 aliphatic heterocycles. The molecule has 3 aromatic carbocycles. The summed E-state index contributed by atoms with van der Waals surface area (Å²) in [5.74, 6) is 0. The number of rotatable bonds is 1. The van der Waals surface area contributed by atoms with Crippen LogP contribution in [0.25, 0.3) is 21.9 Å². The highest BCUT2D eigenvalue weighted by molar-refractivity contribution is 5.99. The predicted octanol–water partition coefficient (Wildman–Crippen LogP) is 7.41. The molecule has 0 saturated carbocycles. The van der Waals surface area contributed by atoms with Gasteiger partial charge in [-0.15, -0.1) is 0 Å². The molecule has 0 unspecified atom stereocenters. The molecule has 0 aromatic heterocycles. The van der Waals surface area contributed by atoms with Crippen molar-refractivity contribution in [3.8, 4) is 11.1 Å². The van der Waals surface area contributed by atoms with Crippen molar-refractivity contribution in [2.45, 2.75) is 59.3 Å². The predicted molar refractivity (Wildman–Crippen MR) is 112 cm³/mol. The Labute approximate surface area is 152 Å². The summed E-state index contributed by atoms with van der Waals surface area (Å²) in [4.78, 5) is 0. The fourth-order valence-electron chi connectivity index (χ4n) is 3.93. The van der Waals surface area contributed by atoms with E-state index in [4.69, 9.17) is 0 Å². The maximum Gasteiger partial charge on any atom is -0.0102 e. The van der Waals surface area contributed by atoms with Crippen LogP contribution >= 0.6 is 0 Å². The first-order valence-electron chi connectivity index (χ1n) is 9.23. The third kappa shape index (κ3) is 3.23. The summed E-state index contributed by atoms with van der Waals surface area (Å²) in [5, 5.41) is 2.72. The minimum absolute atomic E-state index is 0.139. The SMILES string of the molecule is Cc1c(-c2ccc(C(C)(C)C)c3ccccc23)cccc1C(C)(C)C. The molecule has 25 heavy (non-hydrogen) atoms. The van der Waals surface area contributed by atoms with Gasteiger partial charge in [0.25, 0.3) is 0 Å². The van der Waals surface area contributed by atoms with Crippen LogP contribution in [0.1, 0.15) is 58.2 Å². The van der Waals surface area contributed by atoms with Gasteiger partial charge in [0.05, 0.1) is 0 Å². The third-order valence-electron chi connectivity index (χ3n) is 5.16. The van der Waals surface area contributed by atoms with E-state index in [0.717, 1.165) is 0 Å². The van der Waals surface area contributed by atoms with Crippen LogP contribution in [-0.4, -0.2) is 0 Å².